The average molecular weight is 288 g/mol. The number of rotatable bonds is 7. The summed E-state index contributed by atoms with van der Waals surface area (Å²) in [6.45, 7) is 6.76. The Morgan fingerprint density at radius 1 is 1.15 bits per heavy atom. The van der Waals surface area contributed by atoms with Crippen LogP contribution >= 0.6 is 11.3 Å². The third kappa shape index (κ3) is 3.68. The maximum Gasteiger partial charge on any atom is 0.0795 e. The summed E-state index contributed by atoms with van der Waals surface area (Å²) in [5, 5.41) is 5.91. The molecular formula is C17H24N2S. The van der Waals surface area contributed by atoms with E-state index in [2.05, 4.69) is 66.8 Å². The number of nitrogens with zero attached hydrogens (tertiary/aromatic N) is 1. The summed E-state index contributed by atoms with van der Waals surface area (Å²) < 4.78 is 0. The lowest BCUT2D eigenvalue weighted by Crippen LogP contribution is -2.30. The molecule has 0 spiro atoms. The van der Waals surface area contributed by atoms with Gasteiger partial charge >= 0.3 is 0 Å². The van der Waals surface area contributed by atoms with Gasteiger partial charge in [-0.05, 0) is 18.4 Å². The number of benzene rings is 1. The van der Waals surface area contributed by atoms with Gasteiger partial charge < -0.3 is 5.32 Å². The molecule has 1 aromatic heterocycles. The molecule has 2 unspecified atom stereocenters. The van der Waals surface area contributed by atoms with E-state index in [4.69, 9.17) is 0 Å². The van der Waals surface area contributed by atoms with Gasteiger partial charge in [0.25, 0.3) is 0 Å². The molecule has 0 fully saturated rings. The Morgan fingerprint density at radius 2 is 1.85 bits per heavy atom. The third-order valence-electron chi connectivity index (χ3n) is 4.00. The Balaban J connectivity index is 2.18. The van der Waals surface area contributed by atoms with E-state index < -0.39 is 0 Å². The van der Waals surface area contributed by atoms with E-state index in [1.54, 1.807) is 11.3 Å². The summed E-state index contributed by atoms with van der Waals surface area (Å²) in [6, 6.07) is 11.5. The largest absolute Gasteiger partial charge is 0.302 e. The molecule has 1 aromatic carbocycles. The van der Waals surface area contributed by atoms with Crippen molar-refractivity contribution in [3.05, 3.63) is 52.5 Å². The smallest absolute Gasteiger partial charge is 0.0795 e. The number of nitrogens with one attached hydrogen (secondary N) is 1. The first kappa shape index (κ1) is 15.2. The molecule has 2 rings (SSSR count). The van der Waals surface area contributed by atoms with Gasteiger partial charge in [-0.25, -0.2) is 4.98 Å². The molecule has 2 nitrogen and oxygen atoms in total. The van der Waals surface area contributed by atoms with Gasteiger partial charge in [0.05, 0.1) is 11.2 Å². The monoisotopic (exact) mass is 288 g/mol. The normalized spacial score (nSPS) is 14.4. The molecule has 0 aliphatic rings. The van der Waals surface area contributed by atoms with Crippen LogP contribution in [-0.2, 0) is 0 Å². The highest BCUT2D eigenvalue weighted by atomic mass is 32.1. The van der Waals surface area contributed by atoms with Crippen molar-refractivity contribution in [3.63, 3.8) is 0 Å². The van der Waals surface area contributed by atoms with Crippen molar-refractivity contribution in [2.24, 2.45) is 5.92 Å². The zero-order valence-electron chi connectivity index (χ0n) is 12.5. The summed E-state index contributed by atoms with van der Waals surface area (Å²) in [5.41, 5.74) is 4.42. The van der Waals surface area contributed by atoms with Crippen molar-refractivity contribution in [3.8, 4) is 0 Å². The summed E-state index contributed by atoms with van der Waals surface area (Å²) in [5.74, 6) is 0.651. The van der Waals surface area contributed by atoms with E-state index in [0.29, 0.717) is 12.0 Å². The Labute approximate surface area is 126 Å². The van der Waals surface area contributed by atoms with Crippen LogP contribution in [0.15, 0.2) is 41.2 Å². The van der Waals surface area contributed by atoms with Gasteiger partial charge in [0.2, 0.25) is 0 Å². The molecule has 0 radical (unpaired) electrons. The van der Waals surface area contributed by atoms with Gasteiger partial charge in [0.15, 0.2) is 0 Å². The van der Waals surface area contributed by atoms with Crippen LogP contribution in [0.2, 0.25) is 0 Å². The first-order valence-electron chi connectivity index (χ1n) is 7.45. The minimum absolute atomic E-state index is 0.284. The van der Waals surface area contributed by atoms with Crippen LogP contribution in [0.1, 0.15) is 57.0 Å². The highest BCUT2D eigenvalue weighted by Gasteiger charge is 2.22. The van der Waals surface area contributed by atoms with Crippen LogP contribution in [0.4, 0.5) is 0 Å². The fourth-order valence-electron chi connectivity index (χ4n) is 2.72. The molecule has 3 heteroatoms. The van der Waals surface area contributed by atoms with E-state index >= 15 is 0 Å². The lowest BCUT2D eigenvalue weighted by molar-refractivity contribution is 0.315. The molecule has 0 aliphatic heterocycles. The van der Waals surface area contributed by atoms with E-state index in [1.165, 1.54) is 18.4 Å². The van der Waals surface area contributed by atoms with Crippen molar-refractivity contribution < 1.29 is 0 Å². The molecule has 20 heavy (non-hydrogen) atoms. The molecule has 0 bridgehead atoms. The van der Waals surface area contributed by atoms with Crippen molar-refractivity contribution in [1.82, 2.24) is 10.3 Å². The first-order chi connectivity index (χ1) is 9.76. The zero-order valence-corrected chi connectivity index (χ0v) is 13.4. The molecule has 0 aliphatic carbocycles. The lowest BCUT2D eigenvalue weighted by Gasteiger charge is -2.29. The molecular weight excluding hydrogens is 264 g/mol. The van der Waals surface area contributed by atoms with Crippen LogP contribution in [0.5, 0.6) is 0 Å². The molecule has 2 aromatic rings. The maximum absolute atomic E-state index is 4.43. The van der Waals surface area contributed by atoms with Crippen LogP contribution < -0.4 is 5.32 Å². The number of hydrogen-bond donors (Lipinski definition) is 1. The van der Waals surface area contributed by atoms with E-state index in [9.17, 15) is 0 Å². The minimum atomic E-state index is 0.284. The molecule has 1 heterocycles. The summed E-state index contributed by atoms with van der Waals surface area (Å²) in [4.78, 5) is 4.43. The van der Waals surface area contributed by atoms with Crippen LogP contribution in [-0.4, -0.2) is 4.98 Å². The van der Waals surface area contributed by atoms with Gasteiger partial charge in [-0.15, -0.1) is 11.3 Å². The molecule has 108 valence electrons. The summed E-state index contributed by atoms with van der Waals surface area (Å²) in [7, 11) is 0. The van der Waals surface area contributed by atoms with Crippen molar-refractivity contribution in [1.29, 1.82) is 0 Å². The van der Waals surface area contributed by atoms with Crippen LogP contribution in [0, 0.1) is 5.92 Å². The van der Waals surface area contributed by atoms with Crippen molar-refractivity contribution in [2.75, 3.05) is 0 Å². The van der Waals surface area contributed by atoms with E-state index in [1.807, 2.05) is 5.51 Å². The zero-order chi connectivity index (χ0) is 14.4. The first-order valence-corrected chi connectivity index (χ1v) is 8.39. The van der Waals surface area contributed by atoms with Gasteiger partial charge in [-0.2, -0.15) is 0 Å². The van der Waals surface area contributed by atoms with Crippen molar-refractivity contribution >= 4 is 11.3 Å². The summed E-state index contributed by atoms with van der Waals surface area (Å²) in [6.07, 6.45) is 2.37. The number of thiazole rings is 1. The third-order valence-corrected chi connectivity index (χ3v) is 4.61. The highest BCUT2D eigenvalue weighted by molar-refractivity contribution is 7.07. The lowest BCUT2D eigenvalue weighted by atomic mass is 9.88. The quantitative estimate of drug-likeness (QED) is 0.778. The molecule has 1 N–H and O–H groups in total. The maximum atomic E-state index is 4.43. The van der Waals surface area contributed by atoms with Gasteiger partial charge in [0, 0.05) is 17.5 Å². The second-order valence-corrected chi connectivity index (χ2v) is 5.99. The Hall–Kier alpha value is -1.19. The fourth-order valence-corrected chi connectivity index (χ4v) is 3.36. The fraction of sp³-hybridized carbons (Fsp3) is 0.471. The Morgan fingerprint density at radius 3 is 2.40 bits per heavy atom. The topological polar surface area (TPSA) is 24.9 Å². The average Bonchev–Trinajstić information content (AvgIpc) is 3.02. The Kier molecular flexibility index (Phi) is 5.74. The molecule has 0 saturated carbocycles. The highest BCUT2D eigenvalue weighted by Crippen LogP contribution is 2.30. The Bertz CT molecular complexity index is 477. The van der Waals surface area contributed by atoms with Gasteiger partial charge in [-0.3, -0.25) is 0 Å². The second-order valence-electron chi connectivity index (χ2n) is 5.27. The number of hydrogen-bond acceptors (Lipinski definition) is 3. The predicted octanol–water partition coefficient (Wildman–Crippen LogP) is 4.97. The van der Waals surface area contributed by atoms with Crippen LogP contribution in [0.3, 0.4) is 0 Å². The molecule has 2 atom stereocenters. The minimum Gasteiger partial charge on any atom is -0.302 e. The second kappa shape index (κ2) is 7.55. The standard InChI is InChI=1S/C17H24N2S/c1-4-14(5-2)17(15-9-7-6-8-10-15)19-13(3)16-11-20-12-18-16/h6-14,17,19H,4-5H2,1-3H3. The predicted molar refractivity (Wildman–Crippen MR) is 86.9 cm³/mol. The number of aromatic nitrogens is 1. The van der Waals surface area contributed by atoms with E-state index in [0.717, 1.165) is 5.69 Å². The SMILES string of the molecule is CCC(CC)C(NC(C)c1cscn1)c1ccccc1. The van der Waals surface area contributed by atoms with Crippen molar-refractivity contribution in [2.45, 2.75) is 45.7 Å². The van der Waals surface area contributed by atoms with E-state index in [-0.39, 0.29) is 6.04 Å². The van der Waals surface area contributed by atoms with Crippen LogP contribution in [0.25, 0.3) is 0 Å². The van der Waals surface area contributed by atoms with Gasteiger partial charge in [-0.1, -0.05) is 57.0 Å². The molecule has 0 amide bonds. The molecule has 0 saturated heterocycles. The van der Waals surface area contributed by atoms with Gasteiger partial charge in [0.1, 0.15) is 0 Å². The summed E-state index contributed by atoms with van der Waals surface area (Å²) >= 11 is 1.66.